The Balaban J connectivity index is 1.67. The van der Waals surface area contributed by atoms with Gasteiger partial charge in [0, 0.05) is 24.7 Å². The minimum absolute atomic E-state index is 0.107. The number of halogens is 2. The summed E-state index contributed by atoms with van der Waals surface area (Å²) in [5.41, 5.74) is 0.582. The molecule has 1 aromatic carbocycles. The van der Waals surface area contributed by atoms with E-state index >= 15 is 4.39 Å². The Bertz CT molecular complexity index is 744. The summed E-state index contributed by atoms with van der Waals surface area (Å²) in [5, 5.41) is 2.73. The molecule has 2 atom stereocenters. The van der Waals surface area contributed by atoms with E-state index in [0.717, 1.165) is 19.4 Å². The molecule has 1 aliphatic heterocycles. The molecule has 29 heavy (non-hydrogen) atoms. The van der Waals surface area contributed by atoms with Crippen LogP contribution in [0.4, 0.5) is 13.6 Å². The first-order valence-corrected chi connectivity index (χ1v) is 10.3. The molecule has 5 nitrogen and oxygen atoms in total. The Morgan fingerprint density at radius 3 is 2.55 bits per heavy atom. The molecule has 2 aliphatic rings. The molecule has 1 saturated heterocycles. The van der Waals surface area contributed by atoms with E-state index in [0.29, 0.717) is 30.1 Å². The number of benzene rings is 1. The molecule has 0 aromatic heterocycles. The third-order valence-corrected chi connectivity index (χ3v) is 5.79. The molecule has 0 unspecified atom stereocenters. The summed E-state index contributed by atoms with van der Waals surface area (Å²) < 4.78 is 39.2. The van der Waals surface area contributed by atoms with Crippen LogP contribution in [0.15, 0.2) is 12.1 Å². The number of alkyl carbamates (subject to hydrolysis) is 1. The van der Waals surface area contributed by atoms with Crippen LogP contribution in [0.2, 0.25) is 0 Å². The van der Waals surface area contributed by atoms with E-state index in [1.165, 1.54) is 7.11 Å². The first kappa shape index (κ1) is 21.8. The number of ether oxygens (including phenoxy) is 2. The average molecular weight is 411 g/mol. The topological polar surface area (TPSA) is 50.8 Å². The van der Waals surface area contributed by atoms with Gasteiger partial charge in [-0.25, -0.2) is 13.6 Å². The minimum atomic E-state index is -0.732. The quantitative estimate of drug-likeness (QED) is 0.764. The third-order valence-electron chi connectivity index (χ3n) is 5.79. The molecule has 1 amide bonds. The van der Waals surface area contributed by atoms with E-state index < -0.39 is 23.9 Å². The normalized spacial score (nSPS) is 26.0. The van der Waals surface area contributed by atoms with E-state index in [-0.39, 0.29) is 17.5 Å². The van der Waals surface area contributed by atoms with E-state index in [9.17, 15) is 9.18 Å². The molecule has 7 heteroatoms. The summed E-state index contributed by atoms with van der Waals surface area (Å²) in [7, 11) is 1.43. The van der Waals surface area contributed by atoms with Crippen LogP contribution in [0.1, 0.15) is 70.0 Å². The smallest absolute Gasteiger partial charge is 0.408 e. The van der Waals surface area contributed by atoms with Gasteiger partial charge in [0.2, 0.25) is 0 Å². The van der Waals surface area contributed by atoms with Gasteiger partial charge in [-0.05, 0) is 58.4 Å². The molecule has 1 aromatic rings. The second-order valence-electron chi connectivity index (χ2n) is 9.16. The lowest BCUT2D eigenvalue weighted by molar-refractivity contribution is 0.0507. The number of hydrogen-bond donors (Lipinski definition) is 1. The summed E-state index contributed by atoms with van der Waals surface area (Å²) in [4.78, 5) is 14.2. The van der Waals surface area contributed by atoms with Crippen molar-refractivity contribution < 1.29 is 23.0 Å². The molecular weight excluding hydrogens is 378 g/mol. The molecule has 0 spiro atoms. The summed E-state index contributed by atoms with van der Waals surface area (Å²) in [6.07, 6.45) is 0.968. The highest BCUT2D eigenvalue weighted by Crippen LogP contribution is 2.44. The Morgan fingerprint density at radius 2 is 2.00 bits per heavy atom. The Labute approximate surface area is 171 Å². The van der Waals surface area contributed by atoms with Crippen LogP contribution >= 0.6 is 0 Å². The van der Waals surface area contributed by atoms with Crippen molar-refractivity contribution in [2.45, 2.75) is 76.7 Å². The predicted molar refractivity (Wildman–Crippen MR) is 108 cm³/mol. The van der Waals surface area contributed by atoms with Crippen molar-refractivity contribution in [1.29, 1.82) is 0 Å². The van der Waals surface area contributed by atoms with Gasteiger partial charge in [-0.2, -0.15) is 0 Å². The van der Waals surface area contributed by atoms with Crippen LogP contribution < -0.4 is 10.1 Å². The van der Waals surface area contributed by atoms with Gasteiger partial charge in [0.05, 0.1) is 13.2 Å². The molecule has 0 bridgehead atoms. The molecule has 1 aliphatic carbocycles. The van der Waals surface area contributed by atoms with Crippen LogP contribution in [-0.4, -0.2) is 49.0 Å². The molecule has 1 N–H and O–H groups in total. The number of nitrogens with zero attached hydrogens (tertiary/aromatic N) is 1. The largest absolute Gasteiger partial charge is 0.493 e. The van der Waals surface area contributed by atoms with E-state index in [2.05, 4.69) is 10.2 Å². The van der Waals surface area contributed by atoms with Gasteiger partial charge in [0.15, 0.2) is 11.6 Å². The summed E-state index contributed by atoms with van der Waals surface area (Å²) in [6.45, 7) is 8.41. The number of alkyl halides is 1. The first-order valence-electron chi connectivity index (χ1n) is 10.3. The number of hydrogen-bond acceptors (Lipinski definition) is 4. The van der Waals surface area contributed by atoms with Crippen LogP contribution in [0.3, 0.4) is 0 Å². The summed E-state index contributed by atoms with van der Waals surface area (Å²) in [5.74, 6) is -0.119. The SMILES string of the molecule is COc1c([C@H](C)NC(=O)OC(C)(C)C)ccc(C2CC(N3CC[C@H](F)C3)C2)c1F. The maximum absolute atomic E-state index is 15.2. The Kier molecular flexibility index (Phi) is 6.36. The minimum Gasteiger partial charge on any atom is -0.493 e. The van der Waals surface area contributed by atoms with E-state index in [4.69, 9.17) is 9.47 Å². The van der Waals surface area contributed by atoms with Crippen molar-refractivity contribution in [2.24, 2.45) is 0 Å². The van der Waals surface area contributed by atoms with Gasteiger partial charge in [-0.15, -0.1) is 0 Å². The van der Waals surface area contributed by atoms with Gasteiger partial charge >= 0.3 is 6.09 Å². The van der Waals surface area contributed by atoms with Gasteiger partial charge in [0.25, 0.3) is 0 Å². The number of methoxy groups -OCH3 is 1. The fourth-order valence-corrected chi connectivity index (χ4v) is 4.23. The zero-order valence-corrected chi connectivity index (χ0v) is 17.9. The van der Waals surface area contributed by atoms with Crippen molar-refractivity contribution in [2.75, 3.05) is 20.2 Å². The van der Waals surface area contributed by atoms with Crippen LogP contribution in [0, 0.1) is 5.82 Å². The average Bonchev–Trinajstić information content (AvgIpc) is 2.98. The number of likely N-dealkylation sites (tertiary alicyclic amines) is 1. The molecule has 1 heterocycles. The lowest BCUT2D eigenvalue weighted by Gasteiger charge is -2.41. The predicted octanol–water partition coefficient (Wildman–Crippen LogP) is 4.71. The Morgan fingerprint density at radius 1 is 1.31 bits per heavy atom. The van der Waals surface area contributed by atoms with E-state index in [1.54, 1.807) is 39.8 Å². The monoisotopic (exact) mass is 410 g/mol. The highest BCUT2D eigenvalue weighted by molar-refractivity contribution is 5.68. The van der Waals surface area contributed by atoms with Crippen molar-refractivity contribution in [1.82, 2.24) is 10.2 Å². The van der Waals surface area contributed by atoms with Crippen molar-refractivity contribution in [3.05, 3.63) is 29.1 Å². The number of amides is 1. The lowest BCUT2D eigenvalue weighted by Crippen LogP contribution is -2.42. The fourth-order valence-electron chi connectivity index (χ4n) is 4.23. The number of carbonyl (C=O) groups is 1. The number of nitrogens with one attached hydrogen (secondary N) is 1. The van der Waals surface area contributed by atoms with Gasteiger partial charge in [0.1, 0.15) is 11.8 Å². The molecule has 1 saturated carbocycles. The molecular formula is C22H32F2N2O3. The Hall–Kier alpha value is -1.89. The first-order chi connectivity index (χ1) is 13.6. The van der Waals surface area contributed by atoms with Gasteiger partial charge < -0.3 is 14.8 Å². The van der Waals surface area contributed by atoms with Gasteiger partial charge in [-0.1, -0.05) is 12.1 Å². The van der Waals surface area contributed by atoms with Crippen molar-refractivity contribution in [3.63, 3.8) is 0 Å². The van der Waals surface area contributed by atoms with Crippen LogP contribution in [-0.2, 0) is 4.74 Å². The maximum Gasteiger partial charge on any atom is 0.408 e. The standard InChI is InChI=1S/C22H32F2N2O3/c1-13(25-21(27)29-22(2,3)4)17-6-7-18(19(24)20(17)28-5)14-10-16(11-14)26-9-8-15(23)12-26/h6-7,13-16H,8-12H2,1-5H3,(H,25,27)/t13-,14?,15-,16?/m0/s1. The number of carbonyl (C=O) groups excluding carboxylic acids is 1. The zero-order chi connectivity index (χ0) is 21.3. The maximum atomic E-state index is 15.2. The second kappa shape index (κ2) is 8.46. The summed E-state index contributed by atoms with van der Waals surface area (Å²) in [6, 6.07) is 3.45. The highest BCUT2D eigenvalue weighted by atomic mass is 19.1. The van der Waals surface area contributed by atoms with Crippen molar-refractivity contribution >= 4 is 6.09 Å². The summed E-state index contributed by atoms with van der Waals surface area (Å²) >= 11 is 0. The second-order valence-corrected chi connectivity index (χ2v) is 9.16. The fraction of sp³-hybridized carbons (Fsp3) is 0.682. The molecule has 2 fully saturated rings. The number of rotatable bonds is 5. The zero-order valence-electron chi connectivity index (χ0n) is 17.9. The third kappa shape index (κ3) is 5.00. The van der Waals surface area contributed by atoms with Gasteiger partial charge in [-0.3, -0.25) is 4.90 Å². The van der Waals surface area contributed by atoms with Crippen LogP contribution in [0.25, 0.3) is 0 Å². The lowest BCUT2D eigenvalue weighted by atomic mass is 9.74. The van der Waals surface area contributed by atoms with E-state index in [1.807, 2.05) is 0 Å². The molecule has 0 radical (unpaired) electrons. The molecule has 3 rings (SSSR count). The molecule has 162 valence electrons. The van der Waals surface area contributed by atoms with Crippen LogP contribution in [0.5, 0.6) is 5.75 Å². The van der Waals surface area contributed by atoms with Crippen molar-refractivity contribution in [3.8, 4) is 5.75 Å². The highest BCUT2D eigenvalue weighted by Gasteiger charge is 2.39.